The first-order chi connectivity index (χ1) is 15.2. The van der Waals surface area contributed by atoms with Crippen LogP contribution in [0.3, 0.4) is 0 Å². The Labute approximate surface area is 184 Å². The number of ether oxygens (including phenoxy) is 1. The SMILES string of the molecule is COc1cc(F)ccc1-c1cccc(C(=O)NCCCNc2nsc3ccccc23)c1. The molecule has 0 saturated heterocycles. The molecule has 0 aliphatic carbocycles. The topological polar surface area (TPSA) is 63.2 Å². The standard InChI is InChI=1S/C24H22FN3O2S/c1-30-21-15-18(25)10-11-19(21)16-6-4-7-17(14-16)24(29)27-13-5-12-26-23-20-8-2-3-9-22(20)31-28-23/h2-4,6-11,14-15H,5,12-13H2,1H3,(H,26,28)(H,27,29). The minimum absolute atomic E-state index is 0.151. The molecule has 0 spiro atoms. The van der Waals surface area contributed by atoms with Gasteiger partial charge in [0.1, 0.15) is 17.4 Å². The average Bonchev–Trinajstić information content (AvgIpc) is 3.22. The van der Waals surface area contributed by atoms with Crippen molar-refractivity contribution in [2.24, 2.45) is 0 Å². The molecule has 7 heteroatoms. The second-order valence-electron chi connectivity index (χ2n) is 6.99. The summed E-state index contributed by atoms with van der Waals surface area (Å²) in [6.07, 6.45) is 0.767. The predicted molar refractivity (Wildman–Crippen MR) is 123 cm³/mol. The number of aromatic nitrogens is 1. The van der Waals surface area contributed by atoms with Crippen LogP contribution in [0.15, 0.2) is 66.7 Å². The molecule has 4 aromatic rings. The lowest BCUT2D eigenvalue weighted by molar-refractivity contribution is 0.0953. The molecule has 0 unspecified atom stereocenters. The Morgan fingerprint density at radius 1 is 1.06 bits per heavy atom. The van der Waals surface area contributed by atoms with E-state index < -0.39 is 0 Å². The molecule has 1 heterocycles. The smallest absolute Gasteiger partial charge is 0.251 e. The van der Waals surface area contributed by atoms with Gasteiger partial charge in [0.05, 0.1) is 11.8 Å². The molecule has 31 heavy (non-hydrogen) atoms. The number of hydrogen-bond donors (Lipinski definition) is 2. The largest absolute Gasteiger partial charge is 0.496 e. The van der Waals surface area contributed by atoms with E-state index >= 15 is 0 Å². The summed E-state index contributed by atoms with van der Waals surface area (Å²) in [6, 6.07) is 19.7. The summed E-state index contributed by atoms with van der Waals surface area (Å²) in [6.45, 7) is 1.25. The van der Waals surface area contributed by atoms with E-state index in [1.54, 1.807) is 18.2 Å². The van der Waals surface area contributed by atoms with Crippen molar-refractivity contribution in [1.29, 1.82) is 0 Å². The summed E-state index contributed by atoms with van der Waals surface area (Å²) < 4.78 is 24.3. The van der Waals surface area contributed by atoms with E-state index in [1.165, 1.54) is 30.8 Å². The van der Waals surface area contributed by atoms with Crippen LogP contribution < -0.4 is 15.4 Å². The van der Waals surface area contributed by atoms with Crippen molar-refractivity contribution in [3.63, 3.8) is 0 Å². The fourth-order valence-corrected chi connectivity index (χ4v) is 4.10. The highest BCUT2D eigenvalue weighted by atomic mass is 32.1. The van der Waals surface area contributed by atoms with Crippen molar-refractivity contribution in [3.05, 3.63) is 78.1 Å². The van der Waals surface area contributed by atoms with E-state index in [1.807, 2.05) is 36.4 Å². The Balaban J connectivity index is 1.32. The molecule has 4 rings (SSSR count). The van der Waals surface area contributed by atoms with Gasteiger partial charge in [-0.2, -0.15) is 4.37 Å². The Kier molecular flexibility index (Phi) is 6.43. The molecule has 158 valence electrons. The molecule has 0 radical (unpaired) electrons. The number of fused-ring (bicyclic) bond motifs is 1. The third-order valence-corrected chi connectivity index (χ3v) is 5.73. The Morgan fingerprint density at radius 2 is 1.94 bits per heavy atom. The van der Waals surface area contributed by atoms with Gasteiger partial charge in [0.2, 0.25) is 0 Å². The first-order valence-electron chi connectivity index (χ1n) is 9.96. The lowest BCUT2D eigenvalue weighted by Gasteiger charge is -2.11. The number of nitrogens with zero attached hydrogens (tertiary/aromatic N) is 1. The highest BCUT2D eigenvalue weighted by Gasteiger charge is 2.11. The molecule has 0 aliphatic rings. The van der Waals surface area contributed by atoms with Crippen LogP contribution in [-0.4, -0.2) is 30.5 Å². The molecule has 0 fully saturated rings. The van der Waals surface area contributed by atoms with E-state index in [9.17, 15) is 9.18 Å². The van der Waals surface area contributed by atoms with Crippen LogP contribution in [0.25, 0.3) is 21.2 Å². The Morgan fingerprint density at radius 3 is 2.81 bits per heavy atom. The minimum atomic E-state index is -0.367. The predicted octanol–water partition coefficient (Wildman–Crippen LogP) is 5.34. The highest BCUT2D eigenvalue weighted by molar-refractivity contribution is 7.13. The number of carbonyl (C=O) groups is 1. The third-order valence-electron chi connectivity index (χ3n) is 4.91. The molecular formula is C24H22FN3O2S. The maximum Gasteiger partial charge on any atom is 0.251 e. The van der Waals surface area contributed by atoms with Gasteiger partial charge in [-0.15, -0.1) is 0 Å². The van der Waals surface area contributed by atoms with Crippen LogP contribution in [0.2, 0.25) is 0 Å². The maximum atomic E-state index is 13.5. The molecule has 3 aromatic carbocycles. The van der Waals surface area contributed by atoms with Crippen molar-refractivity contribution in [3.8, 4) is 16.9 Å². The zero-order valence-corrected chi connectivity index (χ0v) is 17.8. The van der Waals surface area contributed by atoms with Gasteiger partial charge >= 0.3 is 0 Å². The molecule has 1 amide bonds. The molecule has 0 bridgehead atoms. The number of benzene rings is 3. The lowest BCUT2D eigenvalue weighted by atomic mass is 10.0. The van der Waals surface area contributed by atoms with Crippen molar-refractivity contribution < 1.29 is 13.9 Å². The van der Waals surface area contributed by atoms with Crippen LogP contribution in [0.4, 0.5) is 10.2 Å². The zero-order chi connectivity index (χ0) is 21.6. The summed E-state index contributed by atoms with van der Waals surface area (Å²) in [4.78, 5) is 12.6. The number of amides is 1. The van der Waals surface area contributed by atoms with Gasteiger partial charge in [-0.05, 0) is 59.9 Å². The summed E-state index contributed by atoms with van der Waals surface area (Å²) in [5.74, 6) is 0.793. The molecule has 0 saturated carbocycles. The van der Waals surface area contributed by atoms with E-state index in [4.69, 9.17) is 4.74 Å². The summed E-state index contributed by atoms with van der Waals surface area (Å²) in [5.41, 5.74) is 2.07. The normalized spacial score (nSPS) is 10.8. The van der Waals surface area contributed by atoms with Gasteiger partial charge in [0.25, 0.3) is 5.91 Å². The van der Waals surface area contributed by atoms with E-state index in [0.29, 0.717) is 24.4 Å². The number of carbonyl (C=O) groups excluding carboxylic acids is 1. The molecular weight excluding hydrogens is 413 g/mol. The Hall–Kier alpha value is -3.45. The maximum absolute atomic E-state index is 13.5. The van der Waals surface area contributed by atoms with Gasteiger partial charge in [-0.3, -0.25) is 4.79 Å². The lowest BCUT2D eigenvalue weighted by Crippen LogP contribution is -2.25. The first-order valence-corrected chi connectivity index (χ1v) is 10.7. The van der Waals surface area contributed by atoms with Crippen molar-refractivity contribution in [1.82, 2.24) is 9.69 Å². The summed E-state index contributed by atoms with van der Waals surface area (Å²) in [5, 5.41) is 7.39. The van der Waals surface area contributed by atoms with Crippen molar-refractivity contribution >= 4 is 33.3 Å². The van der Waals surface area contributed by atoms with Crippen molar-refractivity contribution in [2.75, 3.05) is 25.5 Å². The van der Waals surface area contributed by atoms with Gasteiger partial charge < -0.3 is 15.4 Å². The molecule has 1 aromatic heterocycles. The third kappa shape index (κ3) is 4.83. The van der Waals surface area contributed by atoms with Gasteiger partial charge in [-0.25, -0.2) is 4.39 Å². The quantitative estimate of drug-likeness (QED) is 0.367. The number of hydrogen-bond acceptors (Lipinski definition) is 5. The minimum Gasteiger partial charge on any atom is -0.496 e. The van der Waals surface area contributed by atoms with Gasteiger partial charge in [-0.1, -0.05) is 24.3 Å². The van der Waals surface area contributed by atoms with E-state index in [0.717, 1.165) is 33.5 Å². The van der Waals surface area contributed by atoms with Gasteiger partial charge in [0, 0.05) is 35.7 Å². The second kappa shape index (κ2) is 9.57. The number of nitrogens with one attached hydrogen (secondary N) is 2. The summed E-state index contributed by atoms with van der Waals surface area (Å²) >= 11 is 1.47. The van der Waals surface area contributed by atoms with E-state index in [2.05, 4.69) is 15.0 Å². The first kappa shape index (κ1) is 20.8. The zero-order valence-electron chi connectivity index (χ0n) is 17.0. The fourth-order valence-electron chi connectivity index (χ4n) is 3.34. The monoisotopic (exact) mass is 435 g/mol. The van der Waals surface area contributed by atoms with Crippen LogP contribution in [0.5, 0.6) is 5.75 Å². The molecule has 5 nitrogen and oxygen atoms in total. The van der Waals surface area contributed by atoms with E-state index in [-0.39, 0.29) is 11.7 Å². The van der Waals surface area contributed by atoms with Crippen LogP contribution in [-0.2, 0) is 0 Å². The van der Waals surface area contributed by atoms with Gasteiger partial charge in [0.15, 0.2) is 0 Å². The van der Waals surface area contributed by atoms with Crippen molar-refractivity contribution in [2.45, 2.75) is 6.42 Å². The van der Waals surface area contributed by atoms with Crippen LogP contribution >= 0.6 is 11.5 Å². The molecule has 0 aliphatic heterocycles. The number of methoxy groups -OCH3 is 1. The van der Waals surface area contributed by atoms with Crippen LogP contribution in [0.1, 0.15) is 16.8 Å². The number of rotatable bonds is 8. The number of halogens is 1. The second-order valence-corrected chi connectivity index (χ2v) is 7.79. The Bertz CT molecular complexity index is 1210. The van der Waals surface area contributed by atoms with Crippen LogP contribution in [0, 0.1) is 5.82 Å². The molecule has 0 atom stereocenters. The molecule has 2 N–H and O–H groups in total. The summed E-state index contributed by atoms with van der Waals surface area (Å²) in [7, 11) is 1.50. The average molecular weight is 436 g/mol. The number of anilines is 1. The highest BCUT2D eigenvalue weighted by Crippen LogP contribution is 2.31. The fraction of sp³-hybridized carbons (Fsp3) is 0.167.